The zero-order valence-corrected chi connectivity index (χ0v) is 5.22. The molecule has 0 aromatic heterocycles. The number of carboxylic acids is 1. The van der Waals surface area contributed by atoms with E-state index in [-0.39, 0.29) is 12.8 Å². The molecule has 2 nitrogen and oxygen atoms in total. The number of carbonyl (C=O) groups is 1. The molecule has 1 N–H and O–H groups in total. The van der Waals surface area contributed by atoms with E-state index in [1.54, 1.807) is 6.92 Å². The molecule has 0 atom stereocenters. The molecule has 3 heteroatoms. The zero-order valence-electron chi connectivity index (χ0n) is 5.22. The topological polar surface area (TPSA) is 37.3 Å². The van der Waals surface area contributed by atoms with Gasteiger partial charge in [-0.1, -0.05) is 0 Å². The first-order chi connectivity index (χ1) is 4.04. The van der Waals surface area contributed by atoms with Crippen LogP contribution in [0.25, 0.3) is 0 Å². The van der Waals surface area contributed by atoms with E-state index in [2.05, 4.69) is 0 Å². The highest BCUT2D eigenvalue weighted by molar-refractivity contribution is 5.75. The molecule has 1 rings (SSSR count). The summed E-state index contributed by atoms with van der Waals surface area (Å²) in [5.74, 6) is -0.878. The normalized spacial score (nSPS) is 41.8. The third-order valence-electron chi connectivity index (χ3n) is 1.86. The lowest BCUT2D eigenvalue weighted by Gasteiger charge is -2.36. The van der Waals surface area contributed by atoms with Gasteiger partial charge in [-0.05, 0) is 19.8 Å². The fourth-order valence-electron chi connectivity index (χ4n) is 1.09. The van der Waals surface area contributed by atoms with E-state index in [0.717, 1.165) is 0 Å². The van der Waals surface area contributed by atoms with Gasteiger partial charge in [0, 0.05) is 0 Å². The van der Waals surface area contributed by atoms with Gasteiger partial charge in [-0.15, -0.1) is 0 Å². The summed E-state index contributed by atoms with van der Waals surface area (Å²) in [5.41, 5.74) is -0.764. The van der Waals surface area contributed by atoms with Crippen LogP contribution in [0.2, 0.25) is 0 Å². The van der Waals surface area contributed by atoms with E-state index in [0.29, 0.717) is 0 Å². The van der Waals surface area contributed by atoms with E-state index in [4.69, 9.17) is 5.11 Å². The van der Waals surface area contributed by atoms with Gasteiger partial charge in [0.25, 0.3) is 0 Å². The Bertz CT molecular complexity index is 138. The fourth-order valence-corrected chi connectivity index (χ4v) is 1.09. The van der Waals surface area contributed by atoms with Gasteiger partial charge in [0.2, 0.25) is 0 Å². The van der Waals surface area contributed by atoms with Crippen LogP contribution < -0.4 is 0 Å². The Balaban J connectivity index is 2.50. The minimum Gasteiger partial charge on any atom is -0.481 e. The summed E-state index contributed by atoms with van der Waals surface area (Å²) < 4.78 is 12.1. The lowest BCUT2D eigenvalue weighted by molar-refractivity contribution is -0.157. The molecule has 0 saturated heterocycles. The minimum absolute atomic E-state index is 0.183. The minimum atomic E-state index is -0.883. The first kappa shape index (κ1) is 6.52. The van der Waals surface area contributed by atoms with Crippen LogP contribution in [0.5, 0.6) is 0 Å². The molecule has 0 radical (unpaired) electrons. The highest BCUT2D eigenvalue weighted by Crippen LogP contribution is 2.42. The van der Waals surface area contributed by atoms with Crippen molar-refractivity contribution in [3.63, 3.8) is 0 Å². The average Bonchev–Trinajstić information content (AvgIpc) is 1.62. The third-order valence-corrected chi connectivity index (χ3v) is 1.86. The van der Waals surface area contributed by atoms with Crippen LogP contribution in [0, 0.1) is 5.41 Å². The van der Waals surface area contributed by atoms with Crippen molar-refractivity contribution in [2.45, 2.75) is 25.9 Å². The number of aliphatic carboxylic acids is 1. The molecule has 1 aliphatic carbocycles. The van der Waals surface area contributed by atoms with Crippen molar-refractivity contribution in [3.8, 4) is 0 Å². The van der Waals surface area contributed by atoms with E-state index in [1.165, 1.54) is 0 Å². The molecule has 0 bridgehead atoms. The van der Waals surface area contributed by atoms with Crippen molar-refractivity contribution in [3.05, 3.63) is 0 Å². The van der Waals surface area contributed by atoms with E-state index in [9.17, 15) is 9.18 Å². The van der Waals surface area contributed by atoms with Gasteiger partial charge in [-0.2, -0.15) is 0 Å². The van der Waals surface area contributed by atoms with Crippen molar-refractivity contribution in [2.24, 2.45) is 5.41 Å². The second-order valence-corrected chi connectivity index (χ2v) is 2.87. The zero-order chi connectivity index (χ0) is 7.07. The fraction of sp³-hybridized carbons (Fsp3) is 0.833. The summed E-state index contributed by atoms with van der Waals surface area (Å²) in [4.78, 5) is 10.3. The number of alkyl halides is 1. The Morgan fingerprint density at radius 2 is 2.22 bits per heavy atom. The maximum Gasteiger partial charge on any atom is 0.309 e. The molecule has 0 aliphatic heterocycles. The van der Waals surface area contributed by atoms with Crippen molar-refractivity contribution in [2.75, 3.05) is 0 Å². The molecule has 0 aromatic rings. The molecule has 1 fully saturated rings. The summed E-state index contributed by atoms with van der Waals surface area (Å²) in [6.07, 6.45) is -0.518. The van der Waals surface area contributed by atoms with Crippen LogP contribution in [0.3, 0.4) is 0 Å². The van der Waals surface area contributed by atoms with Gasteiger partial charge in [-0.3, -0.25) is 4.79 Å². The number of hydrogen-bond acceptors (Lipinski definition) is 1. The first-order valence-electron chi connectivity index (χ1n) is 2.92. The molecule has 0 aromatic carbocycles. The molecule has 1 saturated carbocycles. The van der Waals surface area contributed by atoms with E-state index < -0.39 is 17.6 Å². The largest absolute Gasteiger partial charge is 0.481 e. The summed E-state index contributed by atoms with van der Waals surface area (Å²) >= 11 is 0. The standard InChI is InChI=1S/C6H9FO2/c1-6(5(8)9)2-4(7)3-6/h4H,2-3H2,1H3,(H,8,9)/t4-,6-. The smallest absolute Gasteiger partial charge is 0.309 e. The van der Waals surface area contributed by atoms with Crippen LogP contribution in [0.4, 0.5) is 4.39 Å². The number of rotatable bonds is 1. The Morgan fingerprint density at radius 3 is 2.33 bits per heavy atom. The van der Waals surface area contributed by atoms with Crippen LogP contribution in [0.15, 0.2) is 0 Å². The second kappa shape index (κ2) is 1.69. The van der Waals surface area contributed by atoms with Crippen LogP contribution in [-0.4, -0.2) is 17.2 Å². The van der Waals surface area contributed by atoms with Crippen molar-refractivity contribution in [1.29, 1.82) is 0 Å². The Kier molecular flexibility index (Phi) is 1.22. The molecule has 1 aliphatic rings. The monoisotopic (exact) mass is 132 g/mol. The molecule has 9 heavy (non-hydrogen) atoms. The summed E-state index contributed by atoms with van der Waals surface area (Å²) in [6.45, 7) is 1.57. The van der Waals surface area contributed by atoms with Gasteiger partial charge in [-0.25, -0.2) is 4.39 Å². The molecule has 52 valence electrons. The lowest BCUT2D eigenvalue weighted by Crippen LogP contribution is -2.42. The predicted octanol–water partition coefficient (Wildman–Crippen LogP) is 1.21. The van der Waals surface area contributed by atoms with Gasteiger partial charge in [0.1, 0.15) is 6.17 Å². The number of halogens is 1. The maximum absolute atomic E-state index is 12.1. The van der Waals surface area contributed by atoms with Crippen LogP contribution >= 0.6 is 0 Å². The van der Waals surface area contributed by atoms with Crippen LogP contribution in [-0.2, 0) is 4.79 Å². The number of carboxylic acid groups (broad SMARTS) is 1. The van der Waals surface area contributed by atoms with Crippen molar-refractivity contribution < 1.29 is 14.3 Å². The third kappa shape index (κ3) is 0.910. The van der Waals surface area contributed by atoms with Crippen LogP contribution in [0.1, 0.15) is 19.8 Å². The average molecular weight is 132 g/mol. The summed E-state index contributed by atoms with van der Waals surface area (Å²) in [6, 6.07) is 0. The highest BCUT2D eigenvalue weighted by Gasteiger charge is 2.46. The van der Waals surface area contributed by atoms with Gasteiger partial charge in [0.05, 0.1) is 5.41 Å². The molecular formula is C6H9FO2. The van der Waals surface area contributed by atoms with Crippen molar-refractivity contribution >= 4 is 5.97 Å². The molecule has 0 unspecified atom stereocenters. The van der Waals surface area contributed by atoms with E-state index in [1.807, 2.05) is 0 Å². The Morgan fingerprint density at radius 1 is 1.78 bits per heavy atom. The number of hydrogen-bond donors (Lipinski definition) is 1. The lowest BCUT2D eigenvalue weighted by atomic mass is 9.69. The predicted molar refractivity (Wildman–Crippen MR) is 29.9 cm³/mol. The van der Waals surface area contributed by atoms with Gasteiger partial charge in [0.15, 0.2) is 0 Å². The summed E-state index contributed by atoms with van der Waals surface area (Å²) in [7, 11) is 0. The maximum atomic E-state index is 12.1. The second-order valence-electron chi connectivity index (χ2n) is 2.87. The Labute approximate surface area is 52.7 Å². The van der Waals surface area contributed by atoms with E-state index >= 15 is 0 Å². The van der Waals surface area contributed by atoms with Gasteiger partial charge >= 0.3 is 5.97 Å². The highest BCUT2D eigenvalue weighted by atomic mass is 19.1. The molecule has 0 amide bonds. The first-order valence-corrected chi connectivity index (χ1v) is 2.92. The van der Waals surface area contributed by atoms with Gasteiger partial charge < -0.3 is 5.11 Å². The molecular weight excluding hydrogens is 123 g/mol. The summed E-state index contributed by atoms with van der Waals surface area (Å²) in [5, 5.41) is 8.44. The molecule has 0 heterocycles. The van der Waals surface area contributed by atoms with Crippen molar-refractivity contribution in [1.82, 2.24) is 0 Å². The quantitative estimate of drug-likeness (QED) is 0.582. The Hall–Kier alpha value is -0.600. The molecule has 0 spiro atoms. The SMILES string of the molecule is C[C@]1(C(=O)O)C[C@H](F)C1.